The van der Waals surface area contributed by atoms with Crippen molar-refractivity contribution < 1.29 is 4.79 Å². The highest BCUT2D eigenvalue weighted by Gasteiger charge is 2.30. The SMILES string of the molecule is CCc1ccc2c(c1)CCN2C(=O)c1nnn(C2CCNC2)c1C. The molecule has 4 rings (SSSR count). The van der Waals surface area contributed by atoms with Gasteiger partial charge in [0.15, 0.2) is 5.69 Å². The fourth-order valence-corrected chi connectivity index (χ4v) is 3.75. The van der Waals surface area contributed by atoms with Gasteiger partial charge in [0.25, 0.3) is 5.91 Å². The Morgan fingerprint density at radius 1 is 1.42 bits per heavy atom. The number of hydrogen-bond donors (Lipinski definition) is 1. The molecule has 1 amide bonds. The number of aromatic nitrogens is 3. The molecule has 24 heavy (non-hydrogen) atoms. The lowest BCUT2D eigenvalue weighted by Crippen LogP contribution is -2.30. The van der Waals surface area contributed by atoms with Gasteiger partial charge in [0, 0.05) is 18.8 Å². The van der Waals surface area contributed by atoms with Crippen molar-refractivity contribution in [1.29, 1.82) is 0 Å². The molecule has 1 N–H and O–H groups in total. The highest BCUT2D eigenvalue weighted by molar-refractivity contribution is 6.06. The van der Waals surface area contributed by atoms with Gasteiger partial charge in [-0.1, -0.05) is 24.3 Å². The Morgan fingerprint density at radius 3 is 3.04 bits per heavy atom. The van der Waals surface area contributed by atoms with Crippen LogP contribution in [0.1, 0.15) is 46.7 Å². The standard InChI is InChI=1S/C18H23N5O/c1-3-13-4-5-16-14(10-13)7-9-22(16)18(24)17-12(2)23(21-20-17)15-6-8-19-11-15/h4-5,10,15,19H,3,6-9,11H2,1-2H3. The zero-order valence-electron chi connectivity index (χ0n) is 14.2. The molecular formula is C18H23N5O. The molecule has 0 aliphatic carbocycles. The quantitative estimate of drug-likeness (QED) is 0.936. The minimum absolute atomic E-state index is 0.0345. The van der Waals surface area contributed by atoms with Gasteiger partial charge in [0.1, 0.15) is 0 Å². The Labute approximate surface area is 141 Å². The molecule has 6 heteroatoms. The number of amides is 1. The molecule has 2 aromatic rings. The second-order valence-electron chi connectivity index (χ2n) is 6.64. The number of nitrogens with one attached hydrogen (secondary N) is 1. The van der Waals surface area contributed by atoms with Crippen LogP contribution in [0.4, 0.5) is 5.69 Å². The van der Waals surface area contributed by atoms with Gasteiger partial charge in [0.2, 0.25) is 0 Å². The average molecular weight is 325 g/mol. The number of hydrogen-bond acceptors (Lipinski definition) is 4. The lowest BCUT2D eigenvalue weighted by Gasteiger charge is -2.17. The summed E-state index contributed by atoms with van der Waals surface area (Å²) in [6.45, 7) is 6.71. The lowest BCUT2D eigenvalue weighted by molar-refractivity contribution is 0.0984. The van der Waals surface area contributed by atoms with Crippen LogP contribution in [0.5, 0.6) is 0 Å². The van der Waals surface area contributed by atoms with Crippen molar-refractivity contribution >= 4 is 11.6 Å². The predicted octanol–water partition coefficient (Wildman–Crippen LogP) is 1.89. The van der Waals surface area contributed by atoms with Gasteiger partial charge in [-0.25, -0.2) is 4.68 Å². The van der Waals surface area contributed by atoms with E-state index in [0.717, 1.165) is 50.3 Å². The normalized spacial score (nSPS) is 19.8. The second kappa shape index (κ2) is 6.02. The molecule has 1 aromatic carbocycles. The molecule has 0 spiro atoms. The summed E-state index contributed by atoms with van der Waals surface area (Å²) >= 11 is 0. The van der Waals surface area contributed by atoms with Gasteiger partial charge >= 0.3 is 0 Å². The Morgan fingerprint density at radius 2 is 2.29 bits per heavy atom. The Balaban J connectivity index is 1.62. The molecule has 0 radical (unpaired) electrons. The summed E-state index contributed by atoms with van der Waals surface area (Å²) in [4.78, 5) is 14.9. The van der Waals surface area contributed by atoms with E-state index in [1.54, 1.807) is 0 Å². The van der Waals surface area contributed by atoms with Crippen LogP contribution in [0.15, 0.2) is 18.2 Å². The molecule has 126 valence electrons. The van der Waals surface area contributed by atoms with Crippen LogP contribution < -0.4 is 10.2 Å². The van der Waals surface area contributed by atoms with Gasteiger partial charge in [-0.15, -0.1) is 5.10 Å². The number of benzene rings is 1. The number of aryl methyl sites for hydroxylation is 1. The fraction of sp³-hybridized carbons (Fsp3) is 0.500. The van der Waals surface area contributed by atoms with E-state index in [0.29, 0.717) is 11.7 Å². The van der Waals surface area contributed by atoms with Gasteiger partial charge in [-0.2, -0.15) is 0 Å². The smallest absolute Gasteiger partial charge is 0.280 e. The molecule has 3 heterocycles. The Bertz CT molecular complexity index is 776. The fourth-order valence-electron chi connectivity index (χ4n) is 3.75. The van der Waals surface area contributed by atoms with Gasteiger partial charge in [0.05, 0.1) is 11.7 Å². The van der Waals surface area contributed by atoms with E-state index in [9.17, 15) is 4.79 Å². The van der Waals surface area contributed by atoms with E-state index in [4.69, 9.17) is 0 Å². The van der Waals surface area contributed by atoms with Crippen molar-refractivity contribution in [3.05, 3.63) is 40.7 Å². The van der Waals surface area contributed by atoms with Crippen molar-refractivity contribution in [2.45, 2.75) is 39.2 Å². The Hall–Kier alpha value is -2.21. The molecule has 0 bridgehead atoms. The summed E-state index contributed by atoms with van der Waals surface area (Å²) in [5.41, 5.74) is 4.95. The third-order valence-electron chi connectivity index (χ3n) is 5.20. The van der Waals surface area contributed by atoms with Crippen LogP contribution in [0, 0.1) is 6.92 Å². The van der Waals surface area contributed by atoms with E-state index in [2.05, 4.69) is 40.8 Å². The topological polar surface area (TPSA) is 63.1 Å². The van der Waals surface area contributed by atoms with Gasteiger partial charge in [-0.3, -0.25) is 4.79 Å². The molecule has 1 aromatic heterocycles. The monoisotopic (exact) mass is 325 g/mol. The number of nitrogens with zero attached hydrogens (tertiary/aromatic N) is 4. The number of fused-ring (bicyclic) bond motifs is 1. The maximum absolute atomic E-state index is 13.0. The third-order valence-corrected chi connectivity index (χ3v) is 5.20. The summed E-state index contributed by atoms with van der Waals surface area (Å²) in [7, 11) is 0. The molecule has 2 aliphatic rings. The van der Waals surface area contributed by atoms with Crippen molar-refractivity contribution in [2.24, 2.45) is 0 Å². The molecule has 1 fully saturated rings. The summed E-state index contributed by atoms with van der Waals surface area (Å²) in [6.07, 6.45) is 2.96. The van der Waals surface area contributed by atoms with E-state index in [-0.39, 0.29) is 5.91 Å². The van der Waals surface area contributed by atoms with Crippen molar-refractivity contribution in [3.8, 4) is 0 Å². The number of anilines is 1. The maximum atomic E-state index is 13.0. The number of carbonyl (C=O) groups is 1. The third kappa shape index (κ3) is 2.41. The van der Waals surface area contributed by atoms with E-state index in [1.807, 2.05) is 16.5 Å². The van der Waals surface area contributed by atoms with Crippen molar-refractivity contribution in [2.75, 3.05) is 24.5 Å². The first-order valence-corrected chi connectivity index (χ1v) is 8.75. The first-order chi connectivity index (χ1) is 11.7. The van der Waals surface area contributed by atoms with E-state index >= 15 is 0 Å². The molecule has 1 saturated heterocycles. The molecule has 1 atom stereocenters. The first kappa shape index (κ1) is 15.3. The molecule has 2 aliphatic heterocycles. The zero-order valence-corrected chi connectivity index (χ0v) is 14.2. The minimum Gasteiger partial charge on any atom is -0.315 e. The largest absolute Gasteiger partial charge is 0.315 e. The van der Waals surface area contributed by atoms with Gasteiger partial charge in [-0.05, 0) is 49.9 Å². The molecular weight excluding hydrogens is 302 g/mol. The first-order valence-electron chi connectivity index (χ1n) is 8.75. The zero-order chi connectivity index (χ0) is 16.7. The molecule has 0 saturated carbocycles. The summed E-state index contributed by atoms with van der Waals surface area (Å²) in [5.74, 6) is -0.0345. The van der Waals surface area contributed by atoms with Crippen LogP contribution in [0.2, 0.25) is 0 Å². The van der Waals surface area contributed by atoms with Crippen LogP contribution in [-0.4, -0.2) is 40.5 Å². The summed E-state index contributed by atoms with van der Waals surface area (Å²) in [6, 6.07) is 6.70. The van der Waals surface area contributed by atoms with Crippen LogP contribution in [-0.2, 0) is 12.8 Å². The highest BCUT2D eigenvalue weighted by Crippen LogP contribution is 2.30. The minimum atomic E-state index is -0.0345. The highest BCUT2D eigenvalue weighted by atomic mass is 16.2. The Kier molecular flexibility index (Phi) is 3.84. The maximum Gasteiger partial charge on any atom is 0.280 e. The van der Waals surface area contributed by atoms with E-state index in [1.165, 1.54) is 11.1 Å². The van der Waals surface area contributed by atoms with Crippen molar-refractivity contribution in [1.82, 2.24) is 20.3 Å². The lowest BCUT2D eigenvalue weighted by atomic mass is 10.1. The van der Waals surface area contributed by atoms with Crippen LogP contribution >= 0.6 is 0 Å². The molecule has 6 nitrogen and oxygen atoms in total. The average Bonchev–Trinajstić information content (AvgIpc) is 3.32. The van der Waals surface area contributed by atoms with Gasteiger partial charge < -0.3 is 10.2 Å². The van der Waals surface area contributed by atoms with Crippen LogP contribution in [0.25, 0.3) is 0 Å². The number of carbonyl (C=O) groups excluding carboxylic acids is 1. The molecule has 1 unspecified atom stereocenters. The van der Waals surface area contributed by atoms with E-state index < -0.39 is 0 Å². The van der Waals surface area contributed by atoms with Crippen molar-refractivity contribution in [3.63, 3.8) is 0 Å². The number of rotatable bonds is 3. The second-order valence-corrected chi connectivity index (χ2v) is 6.64. The summed E-state index contributed by atoms with van der Waals surface area (Å²) in [5, 5.41) is 11.8. The van der Waals surface area contributed by atoms with Crippen LogP contribution in [0.3, 0.4) is 0 Å². The predicted molar refractivity (Wildman–Crippen MR) is 92.5 cm³/mol. The summed E-state index contributed by atoms with van der Waals surface area (Å²) < 4.78 is 1.91.